The van der Waals surface area contributed by atoms with Crippen LogP contribution in [-0.4, -0.2) is 31.4 Å². The number of hydrogen-bond donors (Lipinski definition) is 2. The van der Waals surface area contributed by atoms with Crippen molar-refractivity contribution < 1.29 is 19.5 Å². The molecule has 0 aliphatic carbocycles. The van der Waals surface area contributed by atoms with Crippen LogP contribution in [0.15, 0.2) is 11.4 Å². The van der Waals surface area contributed by atoms with Gasteiger partial charge in [0.2, 0.25) is 0 Å². The molecule has 1 heterocycles. The fourth-order valence-electron chi connectivity index (χ4n) is 0.905. The van der Waals surface area contributed by atoms with Crippen molar-refractivity contribution in [2.45, 2.75) is 6.54 Å². The largest absolute Gasteiger partial charge is 0.478 e. The van der Waals surface area contributed by atoms with E-state index in [1.165, 1.54) is 11.3 Å². The summed E-state index contributed by atoms with van der Waals surface area (Å²) in [5.41, 5.74) is 3.04. The van der Waals surface area contributed by atoms with Gasteiger partial charge in [-0.15, -0.1) is 11.3 Å². The lowest BCUT2D eigenvalue weighted by Crippen LogP contribution is -2.16. The van der Waals surface area contributed by atoms with Gasteiger partial charge in [0.05, 0.1) is 25.3 Å². The first kappa shape index (κ1) is 12.1. The lowest BCUT2D eigenvalue weighted by Gasteiger charge is -2.02. The quantitative estimate of drug-likeness (QED) is 0.543. The molecule has 0 unspecified atom stereocenters. The van der Waals surface area contributed by atoms with Gasteiger partial charge in [-0.05, 0) is 6.07 Å². The number of rotatable bonds is 7. The molecule has 0 fully saturated rings. The molecule has 0 aliphatic rings. The van der Waals surface area contributed by atoms with Crippen LogP contribution in [0.1, 0.15) is 15.2 Å². The van der Waals surface area contributed by atoms with Gasteiger partial charge >= 0.3 is 5.97 Å². The van der Waals surface area contributed by atoms with Crippen LogP contribution in [0.5, 0.6) is 0 Å². The Bertz CT molecular complexity index is 313. The molecule has 0 spiro atoms. The Morgan fingerprint density at radius 1 is 1.60 bits per heavy atom. The van der Waals surface area contributed by atoms with Gasteiger partial charge in [-0.1, -0.05) is 0 Å². The van der Waals surface area contributed by atoms with Gasteiger partial charge in [0.1, 0.15) is 0 Å². The zero-order chi connectivity index (χ0) is 11.1. The van der Waals surface area contributed by atoms with Crippen LogP contribution in [-0.2, 0) is 16.1 Å². The van der Waals surface area contributed by atoms with Crippen molar-refractivity contribution in [1.82, 2.24) is 5.48 Å². The number of aromatic carboxylic acids is 1. The number of hydroxylamine groups is 1. The third kappa shape index (κ3) is 4.39. The van der Waals surface area contributed by atoms with Gasteiger partial charge < -0.3 is 9.84 Å². The van der Waals surface area contributed by atoms with Crippen molar-refractivity contribution in [3.63, 3.8) is 0 Å². The molecule has 0 aromatic carbocycles. The lowest BCUT2D eigenvalue weighted by atomic mass is 10.3. The van der Waals surface area contributed by atoms with E-state index < -0.39 is 5.97 Å². The van der Waals surface area contributed by atoms with Crippen molar-refractivity contribution in [2.24, 2.45) is 0 Å². The van der Waals surface area contributed by atoms with E-state index in [1.807, 2.05) is 0 Å². The summed E-state index contributed by atoms with van der Waals surface area (Å²) < 4.78 is 4.79. The second-order valence-corrected chi connectivity index (χ2v) is 3.77. The predicted molar refractivity (Wildman–Crippen MR) is 55.9 cm³/mol. The first-order valence-corrected chi connectivity index (χ1v) is 5.26. The van der Waals surface area contributed by atoms with Crippen LogP contribution in [0.4, 0.5) is 0 Å². The Morgan fingerprint density at radius 2 is 2.40 bits per heavy atom. The highest BCUT2D eigenvalue weighted by Gasteiger charge is 2.05. The minimum absolute atomic E-state index is 0.314. The summed E-state index contributed by atoms with van der Waals surface area (Å²) in [5.74, 6) is -0.905. The molecule has 0 saturated carbocycles. The summed E-state index contributed by atoms with van der Waals surface area (Å²) in [6.45, 7) is 1.49. The topological polar surface area (TPSA) is 67.8 Å². The average Bonchev–Trinajstić information content (AvgIpc) is 2.66. The Kier molecular flexibility index (Phi) is 5.27. The Labute approximate surface area is 91.6 Å². The Balaban J connectivity index is 2.23. The van der Waals surface area contributed by atoms with Gasteiger partial charge in [-0.25, -0.2) is 4.79 Å². The Morgan fingerprint density at radius 3 is 3.00 bits per heavy atom. The molecule has 6 heteroatoms. The minimum atomic E-state index is -0.905. The van der Waals surface area contributed by atoms with E-state index in [1.54, 1.807) is 18.6 Å². The minimum Gasteiger partial charge on any atom is -0.478 e. The van der Waals surface area contributed by atoms with Gasteiger partial charge in [0.25, 0.3) is 0 Å². The molecule has 0 amide bonds. The van der Waals surface area contributed by atoms with E-state index in [4.69, 9.17) is 14.7 Å². The average molecular weight is 231 g/mol. The molecule has 15 heavy (non-hydrogen) atoms. The van der Waals surface area contributed by atoms with Crippen LogP contribution >= 0.6 is 11.3 Å². The number of carbonyl (C=O) groups is 1. The maximum Gasteiger partial charge on any atom is 0.336 e. The standard InChI is InChI=1S/C9H13NO4S/c1-13-2-3-14-10-5-8-4-7(6-15-8)9(11)12/h4,6,10H,2-3,5H2,1H3,(H,11,12). The summed E-state index contributed by atoms with van der Waals surface area (Å²) in [6, 6.07) is 1.62. The van der Waals surface area contributed by atoms with Gasteiger partial charge in [0, 0.05) is 17.4 Å². The predicted octanol–water partition coefficient (Wildman–Crippen LogP) is 1.11. The van der Waals surface area contributed by atoms with Gasteiger partial charge in [0.15, 0.2) is 0 Å². The molecule has 0 bridgehead atoms. The summed E-state index contributed by atoms with van der Waals surface area (Å²) >= 11 is 1.39. The molecule has 1 aromatic heterocycles. The Hall–Kier alpha value is -0.950. The maximum absolute atomic E-state index is 10.6. The van der Waals surface area contributed by atoms with Crippen molar-refractivity contribution >= 4 is 17.3 Å². The number of thiophene rings is 1. The van der Waals surface area contributed by atoms with Gasteiger partial charge in [-0.2, -0.15) is 5.48 Å². The van der Waals surface area contributed by atoms with Crippen molar-refractivity contribution in [3.8, 4) is 0 Å². The molecule has 0 radical (unpaired) electrons. The maximum atomic E-state index is 10.6. The molecule has 0 saturated heterocycles. The third-order valence-electron chi connectivity index (χ3n) is 1.64. The summed E-state index contributed by atoms with van der Waals surface area (Å²) in [5, 5.41) is 10.3. The fraction of sp³-hybridized carbons (Fsp3) is 0.444. The second-order valence-electron chi connectivity index (χ2n) is 2.77. The number of hydrogen-bond acceptors (Lipinski definition) is 5. The van der Waals surface area contributed by atoms with E-state index in [-0.39, 0.29) is 0 Å². The van der Waals surface area contributed by atoms with Crippen molar-refractivity contribution in [3.05, 3.63) is 21.9 Å². The number of ether oxygens (including phenoxy) is 1. The van der Waals surface area contributed by atoms with Gasteiger partial charge in [-0.3, -0.25) is 4.84 Å². The molecule has 1 rings (SSSR count). The van der Waals surface area contributed by atoms with Crippen LogP contribution in [0.25, 0.3) is 0 Å². The SMILES string of the molecule is COCCONCc1cc(C(=O)O)cs1. The monoisotopic (exact) mass is 231 g/mol. The first-order chi connectivity index (χ1) is 7.24. The molecule has 0 atom stereocenters. The molecular weight excluding hydrogens is 218 g/mol. The van der Waals surface area contributed by atoms with Crippen LogP contribution in [0.3, 0.4) is 0 Å². The normalized spacial score (nSPS) is 10.5. The number of nitrogens with one attached hydrogen (secondary N) is 1. The molecule has 84 valence electrons. The molecule has 1 aromatic rings. The molecular formula is C9H13NO4S. The van der Waals surface area contributed by atoms with E-state index in [9.17, 15) is 4.79 Å². The van der Waals surface area contributed by atoms with Crippen molar-refractivity contribution in [2.75, 3.05) is 20.3 Å². The number of carboxylic acids is 1. The summed E-state index contributed by atoms with van der Waals surface area (Å²) in [6.07, 6.45) is 0. The molecule has 2 N–H and O–H groups in total. The molecule has 0 aliphatic heterocycles. The number of methoxy groups -OCH3 is 1. The second kappa shape index (κ2) is 6.52. The highest BCUT2D eigenvalue weighted by Crippen LogP contribution is 2.14. The first-order valence-electron chi connectivity index (χ1n) is 4.38. The van der Waals surface area contributed by atoms with Crippen LogP contribution in [0.2, 0.25) is 0 Å². The zero-order valence-electron chi connectivity index (χ0n) is 8.36. The molecule has 5 nitrogen and oxygen atoms in total. The fourth-order valence-corrected chi connectivity index (χ4v) is 1.69. The summed E-state index contributed by atoms with van der Waals surface area (Å²) in [7, 11) is 1.60. The smallest absolute Gasteiger partial charge is 0.336 e. The van der Waals surface area contributed by atoms with E-state index >= 15 is 0 Å². The highest BCUT2D eigenvalue weighted by atomic mass is 32.1. The summed E-state index contributed by atoms with van der Waals surface area (Å²) in [4.78, 5) is 16.5. The van der Waals surface area contributed by atoms with E-state index in [2.05, 4.69) is 5.48 Å². The van der Waals surface area contributed by atoms with Crippen molar-refractivity contribution in [1.29, 1.82) is 0 Å². The van der Waals surface area contributed by atoms with E-state index in [0.717, 1.165) is 4.88 Å². The third-order valence-corrected chi connectivity index (χ3v) is 2.58. The lowest BCUT2D eigenvalue weighted by molar-refractivity contribution is 0.00386. The highest BCUT2D eigenvalue weighted by molar-refractivity contribution is 7.10. The van der Waals surface area contributed by atoms with Crippen LogP contribution in [0, 0.1) is 0 Å². The van der Waals surface area contributed by atoms with E-state index in [0.29, 0.717) is 25.3 Å². The number of carboxylic acid groups (broad SMARTS) is 1. The zero-order valence-corrected chi connectivity index (χ0v) is 9.17. The van der Waals surface area contributed by atoms with Crippen LogP contribution < -0.4 is 5.48 Å².